The molecule has 0 unspecified atom stereocenters. The van der Waals surface area contributed by atoms with Crippen molar-refractivity contribution in [2.75, 3.05) is 22.4 Å². The third-order valence-corrected chi connectivity index (χ3v) is 4.95. The minimum atomic E-state index is -3.46. The van der Waals surface area contributed by atoms with Crippen LogP contribution in [0.15, 0.2) is 59.6 Å². The van der Waals surface area contributed by atoms with Crippen LogP contribution in [-0.2, 0) is 10.0 Å². The largest absolute Gasteiger partial charge is 0.319 e. The maximum atomic E-state index is 13.8. The third-order valence-electron chi connectivity index (χ3n) is 3.29. The Morgan fingerprint density at radius 2 is 1.92 bits per heavy atom. The molecule has 0 aliphatic rings. The van der Waals surface area contributed by atoms with Gasteiger partial charge in [0.1, 0.15) is 5.82 Å². The second-order valence-corrected chi connectivity index (χ2v) is 8.03. The van der Waals surface area contributed by atoms with Gasteiger partial charge in [0.2, 0.25) is 10.0 Å². The SMILES string of the molecule is C=CCN(c1ccc(C(=O)Nc2ccc(Br)cc2F)cc1)S(C)(=O)=O. The molecule has 0 spiro atoms. The Balaban J connectivity index is 2.21. The summed E-state index contributed by atoms with van der Waals surface area (Å²) in [5, 5.41) is 2.47. The van der Waals surface area contributed by atoms with E-state index in [0.29, 0.717) is 10.2 Å². The first-order chi connectivity index (χ1) is 11.7. The second kappa shape index (κ2) is 7.79. The van der Waals surface area contributed by atoms with Crippen molar-refractivity contribution in [3.63, 3.8) is 0 Å². The molecule has 25 heavy (non-hydrogen) atoms. The molecule has 0 heterocycles. The lowest BCUT2D eigenvalue weighted by molar-refractivity contribution is 0.102. The topological polar surface area (TPSA) is 66.5 Å². The predicted molar refractivity (Wildman–Crippen MR) is 101 cm³/mol. The molecule has 2 rings (SSSR count). The predicted octanol–water partition coefficient (Wildman–Crippen LogP) is 3.79. The summed E-state index contributed by atoms with van der Waals surface area (Å²) in [6, 6.07) is 10.3. The highest BCUT2D eigenvalue weighted by Gasteiger charge is 2.16. The lowest BCUT2D eigenvalue weighted by atomic mass is 10.2. The highest BCUT2D eigenvalue weighted by Crippen LogP contribution is 2.21. The molecule has 0 radical (unpaired) electrons. The van der Waals surface area contributed by atoms with Crippen LogP contribution in [0.2, 0.25) is 0 Å². The molecule has 0 atom stereocenters. The first-order valence-corrected chi connectivity index (χ1v) is 9.81. The van der Waals surface area contributed by atoms with E-state index in [4.69, 9.17) is 0 Å². The minimum absolute atomic E-state index is 0.0571. The van der Waals surface area contributed by atoms with Gasteiger partial charge in [-0.05, 0) is 42.5 Å². The molecule has 8 heteroatoms. The van der Waals surface area contributed by atoms with Crippen LogP contribution in [0.25, 0.3) is 0 Å². The molecule has 0 bridgehead atoms. The molecule has 0 saturated heterocycles. The van der Waals surface area contributed by atoms with Gasteiger partial charge in [-0.1, -0.05) is 22.0 Å². The molecule has 0 fully saturated rings. The van der Waals surface area contributed by atoms with Crippen molar-refractivity contribution in [1.82, 2.24) is 0 Å². The average molecular weight is 427 g/mol. The van der Waals surface area contributed by atoms with Gasteiger partial charge in [-0.15, -0.1) is 6.58 Å². The van der Waals surface area contributed by atoms with E-state index in [1.54, 1.807) is 6.07 Å². The molecule has 1 amide bonds. The first kappa shape index (κ1) is 19.1. The van der Waals surface area contributed by atoms with Crippen molar-refractivity contribution < 1.29 is 17.6 Å². The molecular formula is C17H16BrFN2O3S. The molecule has 5 nitrogen and oxygen atoms in total. The number of rotatable bonds is 6. The maximum absolute atomic E-state index is 13.8. The Bertz CT molecular complexity index is 899. The number of halogens is 2. The normalized spacial score (nSPS) is 11.0. The van der Waals surface area contributed by atoms with Gasteiger partial charge in [0, 0.05) is 10.0 Å². The highest BCUT2D eigenvalue weighted by atomic mass is 79.9. The third kappa shape index (κ3) is 4.90. The quantitative estimate of drug-likeness (QED) is 0.714. The van der Waals surface area contributed by atoms with Crippen LogP contribution in [0.5, 0.6) is 0 Å². The molecule has 132 valence electrons. The minimum Gasteiger partial charge on any atom is -0.319 e. The van der Waals surface area contributed by atoms with Gasteiger partial charge in [0.15, 0.2) is 0 Å². The van der Waals surface area contributed by atoms with Crippen LogP contribution >= 0.6 is 15.9 Å². The van der Waals surface area contributed by atoms with Gasteiger partial charge in [0.05, 0.1) is 24.2 Å². The zero-order valence-corrected chi connectivity index (χ0v) is 15.8. The zero-order valence-electron chi connectivity index (χ0n) is 13.4. The Morgan fingerprint density at radius 3 is 2.44 bits per heavy atom. The van der Waals surface area contributed by atoms with Gasteiger partial charge >= 0.3 is 0 Å². The van der Waals surface area contributed by atoms with E-state index in [9.17, 15) is 17.6 Å². The number of anilines is 2. The molecule has 2 aromatic rings. The van der Waals surface area contributed by atoms with Crippen molar-refractivity contribution >= 4 is 43.2 Å². The van der Waals surface area contributed by atoms with Gasteiger partial charge in [-0.3, -0.25) is 9.10 Å². The number of sulfonamides is 1. The van der Waals surface area contributed by atoms with Crippen molar-refractivity contribution in [2.24, 2.45) is 0 Å². The van der Waals surface area contributed by atoms with E-state index >= 15 is 0 Å². The van der Waals surface area contributed by atoms with Crippen LogP contribution in [0.3, 0.4) is 0 Å². The van der Waals surface area contributed by atoms with Crippen LogP contribution in [0.1, 0.15) is 10.4 Å². The van der Waals surface area contributed by atoms with Gasteiger partial charge in [0.25, 0.3) is 5.91 Å². The highest BCUT2D eigenvalue weighted by molar-refractivity contribution is 9.10. The molecule has 0 aliphatic carbocycles. The summed E-state index contributed by atoms with van der Waals surface area (Å²) in [6.07, 6.45) is 2.56. The number of hydrogen-bond donors (Lipinski definition) is 1. The van der Waals surface area contributed by atoms with Gasteiger partial charge < -0.3 is 5.32 Å². The Hall–Kier alpha value is -2.19. The van der Waals surface area contributed by atoms with E-state index in [2.05, 4.69) is 27.8 Å². The number of carbonyl (C=O) groups is 1. The Kier molecular flexibility index (Phi) is 5.97. The van der Waals surface area contributed by atoms with E-state index in [-0.39, 0.29) is 17.8 Å². The Labute approximate surface area is 154 Å². The molecule has 0 saturated carbocycles. The number of amides is 1. The van der Waals surface area contributed by atoms with E-state index in [0.717, 1.165) is 10.6 Å². The summed E-state index contributed by atoms with van der Waals surface area (Å²) in [5.74, 6) is -1.06. The van der Waals surface area contributed by atoms with Crippen molar-refractivity contribution in [2.45, 2.75) is 0 Å². The van der Waals surface area contributed by atoms with Crippen LogP contribution in [0, 0.1) is 5.82 Å². The monoisotopic (exact) mass is 426 g/mol. The van der Waals surface area contributed by atoms with E-state index < -0.39 is 21.7 Å². The zero-order chi connectivity index (χ0) is 18.6. The fourth-order valence-corrected chi connectivity index (χ4v) is 3.33. The van der Waals surface area contributed by atoms with E-state index in [1.807, 2.05) is 0 Å². The number of nitrogens with zero attached hydrogens (tertiary/aromatic N) is 1. The molecule has 0 aromatic heterocycles. The lowest BCUT2D eigenvalue weighted by Crippen LogP contribution is -2.29. The first-order valence-electron chi connectivity index (χ1n) is 7.17. The fraction of sp³-hybridized carbons (Fsp3) is 0.118. The summed E-state index contributed by atoms with van der Waals surface area (Å²) in [6.45, 7) is 3.66. The number of benzene rings is 2. The van der Waals surface area contributed by atoms with Crippen LogP contribution < -0.4 is 9.62 Å². The van der Waals surface area contributed by atoms with Crippen molar-refractivity contribution in [1.29, 1.82) is 0 Å². The second-order valence-electron chi connectivity index (χ2n) is 5.21. The fourth-order valence-electron chi connectivity index (χ4n) is 2.11. The smallest absolute Gasteiger partial charge is 0.255 e. The lowest BCUT2D eigenvalue weighted by Gasteiger charge is -2.20. The van der Waals surface area contributed by atoms with Crippen LogP contribution in [0.4, 0.5) is 15.8 Å². The summed E-state index contributed by atoms with van der Waals surface area (Å²) in [4.78, 5) is 12.2. The maximum Gasteiger partial charge on any atom is 0.255 e. The van der Waals surface area contributed by atoms with Crippen molar-refractivity contribution in [3.05, 3.63) is 71.0 Å². The van der Waals surface area contributed by atoms with Gasteiger partial charge in [-0.2, -0.15) is 0 Å². The van der Waals surface area contributed by atoms with E-state index in [1.165, 1.54) is 42.5 Å². The summed E-state index contributed by atoms with van der Waals surface area (Å²) in [5.41, 5.74) is 0.744. The van der Waals surface area contributed by atoms with Gasteiger partial charge in [-0.25, -0.2) is 12.8 Å². The molecule has 2 aromatic carbocycles. The van der Waals surface area contributed by atoms with Crippen LogP contribution in [-0.4, -0.2) is 27.1 Å². The summed E-state index contributed by atoms with van der Waals surface area (Å²) < 4.78 is 39.1. The summed E-state index contributed by atoms with van der Waals surface area (Å²) in [7, 11) is -3.46. The standard InChI is InChI=1S/C17H16BrFN2O3S/c1-3-10-21(25(2,23)24)14-7-4-12(5-8-14)17(22)20-16-9-6-13(18)11-15(16)19/h3-9,11H,1,10H2,2H3,(H,20,22). The van der Waals surface area contributed by atoms with Crippen molar-refractivity contribution in [3.8, 4) is 0 Å². The Morgan fingerprint density at radius 1 is 1.28 bits per heavy atom. The summed E-state index contributed by atoms with van der Waals surface area (Å²) >= 11 is 3.14. The molecule has 0 aliphatic heterocycles. The molecule has 1 N–H and O–H groups in total. The average Bonchev–Trinajstić information content (AvgIpc) is 2.54. The number of nitrogens with one attached hydrogen (secondary N) is 1. The number of hydrogen-bond acceptors (Lipinski definition) is 3. The number of carbonyl (C=O) groups excluding carboxylic acids is 1. The molecular weight excluding hydrogens is 411 g/mol.